The number of carbonyl (C=O) groups is 1. The van der Waals surface area contributed by atoms with Crippen LogP contribution in [0.2, 0.25) is 0 Å². The topological polar surface area (TPSA) is 85.8 Å². The molecule has 0 fully saturated rings. The predicted octanol–water partition coefficient (Wildman–Crippen LogP) is 4.24. The Morgan fingerprint density at radius 2 is 1.90 bits per heavy atom. The van der Waals surface area contributed by atoms with E-state index in [1.165, 1.54) is 0 Å². The van der Waals surface area contributed by atoms with Crippen molar-refractivity contribution in [1.82, 2.24) is 19.7 Å². The zero-order chi connectivity index (χ0) is 21.2. The molecule has 154 valence electrons. The Kier molecular flexibility index (Phi) is 4.00. The van der Waals surface area contributed by atoms with E-state index in [0.717, 1.165) is 39.9 Å². The van der Waals surface area contributed by atoms with Gasteiger partial charge in [-0.1, -0.05) is 19.9 Å². The largest absolute Gasteiger partial charge is 0.469 e. The van der Waals surface area contributed by atoms with Crippen molar-refractivity contribution in [3.8, 4) is 5.95 Å². The summed E-state index contributed by atoms with van der Waals surface area (Å²) in [5.74, 6) is 1.76. The molecule has 0 amide bonds. The molecule has 7 nitrogen and oxygen atoms in total. The van der Waals surface area contributed by atoms with Gasteiger partial charge in [0.1, 0.15) is 17.4 Å². The van der Waals surface area contributed by atoms with Crippen molar-refractivity contribution in [1.29, 1.82) is 0 Å². The van der Waals surface area contributed by atoms with E-state index in [1.807, 2.05) is 39.0 Å². The number of aromatic nitrogens is 4. The minimum atomic E-state index is -0.312. The number of nitrogens with zero attached hydrogens (tertiary/aromatic N) is 4. The highest BCUT2D eigenvalue weighted by atomic mass is 16.3. The third-order valence-electron chi connectivity index (χ3n) is 5.88. The molecule has 0 aromatic carbocycles. The first-order valence-corrected chi connectivity index (χ1v) is 10.2. The minimum absolute atomic E-state index is 0.211. The second kappa shape index (κ2) is 6.39. The summed E-state index contributed by atoms with van der Waals surface area (Å²) in [5, 5.41) is 8.30. The summed E-state index contributed by atoms with van der Waals surface area (Å²) in [5.41, 5.74) is 4.24. The molecule has 0 saturated carbocycles. The van der Waals surface area contributed by atoms with Gasteiger partial charge in [-0.3, -0.25) is 4.79 Å². The molecule has 30 heavy (non-hydrogen) atoms. The molecule has 0 bridgehead atoms. The van der Waals surface area contributed by atoms with E-state index in [2.05, 4.69) is 35.2 Å². The molecule has 0 radical (unpaired) electrons. The van der Waals surface area contributed by atoms with Crippen molar-refractivity contribution in [2.75, 3.05) is 5.32 Å². The van der Waals surface area contributed by atoms with Crippen LogP contribution >= 0.6 is 0 Å². The van der Waals surface area contributed by atoms with Crippen molar-refractivity contribution < 1.29 is 9.21 Å². The van der Waals surface area contributed by atoms with Crippen LogP contribution in [0.3, 0.4) is 0 Å². The third-order valence-corrected chi connectivity index (χ3v) is 5.88. The second-order valence-electron chi connectivity index (χ2n) is 9.04. The molecule has 7 heteroatoms. The van der Waals surface area contributed by atoms with E-state index >= 15 is 0 Å². The number of hydrogen-bond donors (Lipinski definition) is 1. The lowest BCUT2D eigenvalue weighted by Gasteiger charge is -2.39. The molecule has 3 aromatic rings. The molecule has 0 spiro atoms. The fourth-order valence-corrected chi connectivity index (χ4v) is 4.83. The van der Waals surface area contributed by atoms with Gasteiger partial charge in [-0.15, -0.1) is 0 Å². The number of aryl methyl sites for hydroxylation is 3. The minimum Gasteiger partial charge on any atom is -0.469 e. The summed E-state index contributed by atoms with van der Waals surface area (Å²) < 4.78 is 7.57. The van der Waals surface area contributed by atoms with Gasteiger partial charge < -0.3 is 9.73 Å². The molecule has 3 aromatic heterocycles. The molecule has 0 unspecified atom stereocenters. The van der Waals surface area contributed by atoms with Crippen LogP contribution in [0.1, 0.15) is 54.6 Å². The summed E-state index contributed by atoms with van der Waals surface area (Å²) in [6.45, 7) is 10.0. The highest BCUT2D eigenvalue weighted by molar-refractivity contribution is 5.90. The Morgan fingerprint density at radius 3 is 2.57 bits per heavy atom. The predicted molar refractivity (Wildman–Crippen MR) is 113 cm³/mol. The van der Waals surface area contributed by atoms with Gasteiger partial charge in [-0.2, -0.15) is 9.78 Å². The fourth-order valence-electron chi connectivity index (χ4n) is 4.83. The van der Waals surface area contributed by atoms with E-state index in [4.69, 9.17) is 9.52 Å². The zero-order valence-electron chi connectivity index (χ0n) is 17.9. The first kappa shape index (κ1) is 18.8. The van der Waals surface area contributed by atoms with Crippen LogP contribution in [0.25, 0.3) is 5.95 Å². The summed E-state index contributed by atoms with van der Waals surface area (Å²) >= 11 is 0. The zero-order valence-corrected chi connectivity index (χ0v) is 17.9. The number of Topliss-reactive ketones (excluding diaryl/α,β-unsaturated/α-hetero) is 1. The Morgan fingerprint density at radius 1 is 1.17 bits per heavy atom. The summed E-state index contributed by atoms with van der Waals surface area (Å²) in [7, 11) is 0. The number of hydrogen-bond acceptors (Lipinski definition) is 6. The number of allylic oxidation sites excluding steroid dienone is 2. The second-order valence-corrected chi connectivity index (χ2v) is 9.04. The Balaban J connectivity index is 1.77. The van der Waals surface area contributed by atoms with Crippen molar-refractivity contribution in [2.45, 2.75) is 47.0 Å². The number of anilines is 1. The lowest BCUT2D eigenvalue weighted by Crippen LogP contribution is -2.39. The first-order chi connectivity index (χ1) is 14.2. The Labute approximate surface area is 175 Å². The molecule has 2 atom stereocenters. The third kappa shape index (κ3) is 2.88. The van der Waals surface area contributed by atoms with Gasteiger partial charge in [-0.25, -0.2) is 9.97 Å². The maximum atomic E-state index is 13.3. The van der Waals surface area contributed by atoms with Crippen LogP contribution in [0.4, 0.5) is 5.82 Å². The summed E-state index contributed by atoms with van der Waals surface area (Å²) in [6, 6.07) is 5.74. The van der Waals surface area contributed by atoms with Crippen molar-refractivity contribution in [3.63, 3.8) is 0 Å². The van der Waals surface area contributed by atoms with Gasteiger partial charge >= 0.3 is 0 Å². The summed E-state index contributed by atoms with van der Waals surface area (Å²) in [4.78, 5) is 22.5. The van der Waals surface area contributed by atoms with Crippen molar-refractivity contribution in [2.24, 2.45) is 11.3 Å². The van der Waals surface area contributed by atoms with Crippen LogP contribution < -0.4 is 5.32 Å². The maximum absolute atomic E-state index is 13.3. The molecular weight excluding hydrogens is 378 g/mol. The molecule has 1 N–H and O–H groups in total. The lowest BCUT2D eigenvalue weighted by molar-refractivity contribution is -0.124. The van der Waals surface area contributed by atoms with E-state index in [1.54, 1.807) is 10.9 Å². The number of ketones is 1. The van der Waals surface area contributed by atoms with E-state index in [-0.39, 0.29) is 23.0 Å². The van der Waals surface area contributed by atoms with Crippen LogP contribution in [0.5, 0.6) is 0 Å². The molecule has 2 aliphatic rings. The number of fused-ring (bicyclic) bond motifs is 2. The fraction of sp³-hybridized carbons (Fsp3) is 0.391. The number of carbonyl (C=O) groups excluding carboxylic acids is 1. The van der Waals surface area contributed by atoms with Gasteiger partial charge in [-0.05, 0) is 44.4 Å². The Bertz CT molecular complexity index is 1170. The molecule has 1 aliphatic heterocycles. The van der Waals surface area contributed by atoms with Crippen LogP contribution in [-0.2, 0) is 4.79 Å². The monoisotopic (exact) mass is 403 g/mol. The van der Waals surface area contributed by atoms with Crippen LogP contribution in [0, 0.1) is 32.1 Å². The quantitative estimate of drug-likeness (QED) is 0.689. The van der Waals surface area contributed by atoms with Crippen LogP contribution in [-0.4, -0.2) is 25.5 Å². The molecular formula is C23H25N5O2. The molecule has 1 aliphatic carbocycles. The highest BCUT2D eigenvalue weighted by Crippen LogP contribution is 2.50. The first-order valence-electron chi connectivity index (χ1n) is 10.2. The van der Waals surface area contributed by atoms with Crippen LogP contribution in [0.15, 0.2) is 40.7 Å². The van der Waals surface area contributed by atoms with E-state index in [9.17, 15) is 4.79 Å². The van der Waals surface area contributed by atoms with Gasteiger partial charge in [0.15, 0.2) is 0 Å². The maximum Gasteiger partial charge on any atom is 0.252 e. The SMILES string of the molecule is Cc1cc(C)nc(-n2nc(C)c3c2NC2=CC(C)(C)CC(=O)[C@@H]2[C@H]3c2ccco2)n1. The number of furan rings is 1. The van der Waals surface area contributed by atoms with E-state index in [0.29, 0.717) is 12.4 Å². The normalized spacial score (nSPS) is 22.2. The van der Waals surface area contributed by atoms with Crippen molar-refractivity contribution in [3.05, 3.63) is 64.6 Å². The Hall–Kier alpha value is -3.22. The average molecular weight is 403 g/mol. The van der Waals surface area contributed by atoms with Gasteiger partial charge in [0.25, 0.3) is 5.95 Å². The molecule has 4 heterocycles. The average Bonchev–Trinajstić information content (AvgIpc) is 3.27. The van der Waals surface area contributed by atoms with Gasteiger partial charge in [0.05, 0.1) is 23.8 Å². The molecule has 0 saturated heterocycles. The highest BCUT2D eigenvalue weighted by Gasteiger charge is 2.47. The number of rotatable bonds is 2. The van der Waals surface area contributed by atoms with Crippen molar-refractivity contribution >= 4 is 11.6 Å². The van der Waals surface area contributed by atoms with Gasteiger partial charge in [0, 0.05) is 29.1 Å². The molecule has 5 rings (SSSR count). The lowest BCUT2D eigenvalue weighted by atomic mass is 9.68. The summed E-state index contributed by atoms with van der Waals surface area (Å²) in [6.07, 6.45) is 4.33. The standard InChI is InChI=1S/C23H25N5O2/c1-12-9-13(2)25-22(24-12)28-21-18(14(3)27-28)20(17-7-6-8-30-17)19-15(26-21)10-23(4,5)11-16(19)29/h6-10,19-20,26H,11H2,1-5H3/t19-,20+/m1/s1. The van der Waals surface area contributed by atoms with Gasteiger partial charge in [0.2, 0.25) is 0 Å². The number of nitrogens with one attached hydrogen (secondary N) is 1. The van der Waals surface area contributed by atoms with E-state index < -0.39 is 0 Å². The smallest absolute Gasteiger partial charge is 0.252 e.